The summed E-state index contributed by atoms with van der Waals surface area (Å²) in [7, 11) is 1.65. The fraction of sp³-hybridized carbons (Fsp3) is 0.636. The molecule has 0 spiro atoms. The number of aromatic nitrogens is 2. The number of nitrogens with one attached hydrogen (secondary N) is 1. The van der Waals surface area contributed by atoms with Gasteiger partial charge in [-0.3, -0.25) is 4.98 Å². The standard InChI is InChI=1S/C11H20N4O/c1-8-9(2)15-11(6-14-8)13-5-4-10(12)7-16-3/h6,10H,4-5,7,12H2,1-3H3,(H,13,15). The van der Waals surface area contributed by atoms with Gasteiger partial charge >= 0.3 is 0 Å². The molecule has 1 atom stereocenters. The van der Waals surface area contributed by atoms with Gasteiger partial charge in [0, 0.05) is 19.7 Å². The molecule has 0 saturated carbocycles. The van der Waals surface area contributed by atoms with Crippen LogP contribution in [0, 0.1) is 13.8 Å². The van der Waals surface area contributed by atoms with Crippen molar-refractivity contribution in [1.29, 1.82) is 0 Å². The van der Waals surface area contributed by atoms with Crippen LogP contribution in [-0.2, 0) is 4.74 Å². The first kappa shape index (κ1) is 12.9. The van der Waals surface area contributed by atoms with E-state index in [2.05, 4.69) is 15.3 Å². The second-order valence-corrected chi connectivity index (χ2v) is 3.86. The number of methoxy groups -OCH3 is 1. The average Bonchev–Trinajstić information content (AvgIpc) is 2.24. The minimum atomic E-state index is 0.0667. The Hall–Kier alpha value is -1.20. The van der Waals surface area contributed by atoms with Crippen LogP contribution in [0.25, 0.3) is 0 Å². The van der Waals surface area contributed by atoms with Gasteiger partial charge in [0.1, 0.15) is 5.82 Å². The Kier molecular flexibility index (Phi) is 5.14. The predicted octanol–water partition coefficient (Wildman–Crippen LogP) is 0.869. The molecular weight excluding hydrogens is 204 g/mol. The molecule has 5 heteroatoms. The molecule has 1 aromatic rings. The Morgan fingerprint density at radius 1 is 1.44 bits per heavy atom. The van der Waals surface area contributed by atoms with Crippen LogP contribution in [0.15, 0.2) is 6.20 Å². The number of nitrogens with zero attached hydrogens (tertiary/aromatic N) is 2. The number of ether oxygens (including phenoxy) is 1. The van der Waals surface area contributed by atoms with Gasteiger partial charge in [0.05, 0.1) is 24.2 Å². The van der Waals surface area contributed by atoms with Crippen LogP contribution in [-0.4, -0.2) is 36.3 Å². The lowest BCUT2D eigenvalue weighted by molar-refractivity contribution is 0.178. The fourth-order valence-corrected chi connectivity index (χ4v) is 1.31. The second-order valence-electron chi connectivity index (χ2n) is 3.86. The molecular formula is C11H20N4O. The van der Waals surface area contributed by atoms with E-state index in [1.807, 2.05) is 13.8 Å². The third-order valence-corrected chi connectivity index (χ3v) is 2.39. The van der Waals surface area contributed by atoms with Gasteiger partial charge in [-0.2, -0.15) is 0 Å². The fourth-order valence-electron chi connectivity index (χ4n) is 1.31. The number of nitrogens with two attached hydrogens (primary N) is 1. The van der Waals surface area contributed by atoms with Crippen molar-refractivity contribution in [3.8, 4) is 0 Å². The van der Waals surface area contributed by atoms with Gasteiger partial charge in [0.2, 0.25) is 0 Å². The summed E-state index contributed by atoms with van der Waals surface area (Å²) < 4.78 is 4.96. The zero-order valence-electron chi connectivity index (χ0n) is 10.2. The third kappa shape index (κ3) is 4.12. The van der Waals surface area contributed by atoms with Crippen molar-refractivity contribution < 1.29 is 4.74 Å². The Labute approximate surface area is 96.4 Å². The van der Waals surface area contributed by atoms with Crippen molar-refractivity contribution >= 4 is 5.82 Å². The number of hydrogen-bond acceptors (Lipinski definition) is 5. The van der Waals surface area contributed by atoms with Gasteiger partial charge in [-0.05, 0) is 20.3 Å². The summed E-state index contributed by atoms with van der Waals surface area (Å²) in [5.74, 6) is 0.799. The highest BCUT2D eigenvalue weighted by Gasteiger charge is 2.02. The highest BCUT2D eigenvalue weighted by atomic mass is 16.5. The molecule has 0 bridgehead atoms. The van der Waals surface area contributed by atoms with E-state index in [0.717, 1.165) is 30.2 Å². The van der Waals surface area contributed by atoms with Crippen LogP contribution in [0.1, 0.15) is 17.8 Å². The molecule has 0 aliphatic heterocycles. The zero-order chi connectivity index (χ0) is 12.0. The lowest BCUT2D eigenvalue weighted by atomic mass is 10.2. The highest BCUT2D eigenvalue weighted by Crippen LogP contribution is 2.05. The third-order valence-electron chi connectivity index (χ3n) is 2.39. The maximum absolute atomic E-state index is 5.80. The molecule has 0 aliphatic carbocycles. The van der Waals surface area contributed by atoms with E-state index in [1.54, 1.807) is 13.3 Å². The van der Waals surface area contributed by atoms with Crippen LogP contribution in [0.5, 0.6) is 0 Å². The molecule has 5 nitrogen and oxygen atoms in total. The first-order valence-electron chi connectivity index (χ1n) is 5.42. The predicted molar refractivity (Wildman–Crippen MR) is 64.5 cm³/mol. The zero-order valence-corrected chi connectivity index (χ0v) is 10.2. The van der Waals surface area contributed by atoms with Crippen molar-refractivity contribution in [3.05, 3.63) is 17.6 Å². The molecule has 0 aromatic carbocycles. The molecule has 1 unspecified atom stereocenters. The van der Waals surface area contributed by atoms with Gasteiger partial charge in [0.15, 0.2) is 0 Å². The minimum absolute atomic E-state index is 0.0667. The van der Waals surface area contributed by atoms with Crippen LogP contribution in [0.4, 0.5) is 5.82 Å². The van der Waals surface area contributed by atoms with Crippen LogP contribution >= 0.6 is 0 Å². The number of anilines is 1. The minimum Gasteiger partial charge on any atom is -0.383 e. The van der Waals surface area contributed by atoms with E-state index in [-0.39, 0.29) is 6.04 Å². The van der Waals surface area contributed by atoms with E-state index in [9.17, 15) is 0 Å². The maximum atomic E-state index is 5.80. The molecule has 0 aliphatic rings. The molecule has 0 radical (unpaired) electrons. The first-order chi connectivity index (χ1) is 7.63. The van der Waals surface area contributed by atoms with Gasteiger partial charge < -0.3 is 15.8 Å². The SMILES string of the molecule is COCC(N)CCNc1cnc(C)c(C)n1. The van der Waals surface area contributed by atoms with E-state index < -0.39 is 0 Å². The largest absolute Gasteiger partial charge is 0.383 e. The summed E-state index contributed by atoms with van der Waals surface area (Å²) in [6, 6.07) is 0.0667. The van der Waals surface area contributed by atoms with Crippen molar-refractivity contribution in [1.82, 2.24) is 9.97 Å². The molecule has 16 heavy (non-hydrogen) atoms. The summed E-state index contributed by atoms with van der Waals surface area (Å²) in [5.41, 5.74) is 7.71. The van der Waals surface area contributed by atoms with E-state index in [0.29, 0.717) is 6.61 Å². The van der Waals surface area contributed by atoms with E-state index in [1.165, 1.54) is 0 Å². The maximum Gasteiger partial charge on any atom is 0.144 e. The Balaban J connectivity index is 2.34. The molecule has 90 valence electrons. The van der Waals surface area contributed by atoms with Crippen LogP contribution in [0.2, 0.25) is 0 Å². The number of rotatable bonds is 6. The summed E-state index contributed by atoms with van der Waals surface area (Å²) >= 11 is 0. The lowest BCUT2D eigenvalue weighted by Crippen LogP contribution is -2.28. The molecule has 0 fully saturated rings. The van der Waals surface area contributed by atoms with E-state index in [4.69, 9.17) is 10.5 Å². The molecule has 0 saturated heterocycles. The lowest BCUT2D eigenvalue weighted by Gasteiger charge is -2.11. The number of hydrogen-bond donors (Lipinski definition) is 2. The summed E-state index contributed by atoms with van der Waals surface area (Å²) in [4.78, 5) is 8.60. The van der Waals surface area contributed by atoms with Crippen molar-refractivity contribution in [2.24, 2.45) is 5.73 Å². The highest BCUT2D eigenvalue weighted by molar-refractivity contribution is 5.33. The topological polar surface area (TPSA) is 73.1 Å². The molecule has 1 heterocycles. The van der Waals surface area contributed by atoms with Gasteiger partial charge in [-0.1, -0.05) is 0 Å². The van der Waals surface area contributed by atoms with Gasteiger partial charge in [-0.15, -0.1) is 0 Å². The first-order valence-corrected chi connectivity index (χ1v) is 5.42. The van der Waals surface area contributed by atoms with Crippen LogP contribution < -0.4 is 11.1 Å². The van der Waals surface area contributed by atoms with Crippen molar-refractivity contribution in [2.75, 3.05) is 25.6 Å². The quantitative estimate of drug-likeness (QED) is 0.750. The summed E-state index contributed by atoms with van der Waals surface area (Å²) in [6.07, 6.45) is 2.59. The normalized spacial score (nSPS) is 12.5. The average molecular weight is 224 g/mol. The summed E-state index contributed by atoms with van der Waals surface area (Å²) in [6.45, 7) is 5.26. The van der Waals surface area contributed by atoms with Crippen molar-refractivity contribution in [2.45, 2.75) is 26.3 Å². The molecule has 0 amide bonds. The van der Waals surface area contributed by atoms with Crippen molar-refractivity contribution in [3.63, 3.8) is 0 Å². The van der Waals surface area contributed by atoms with Gasteiger partial charge in [-0.25, -0.2) is 4.98 Å². The Morgan fingerprint density at radius 2 is 2.19 bits per heavy atom. The van der Waals surface area contributed by atoms with Crippen LogP contribution in [0.3, 0.4) is 0 Å². The monoisotopic (exact) mass is 224 g/mol. The second kappa shape index (κ2) is 6.40. The van der Waals surface area contributed by atoms with Gasteiger partial charge in [0.25, 0.3) is 0 Å². The molecule has 3 N–H and O–H groups in total. The molecule has 1 aromatic heterocycles. The smallest absolute Gasteiger partial charge is 0.144 e. The number of aryl methyl sites for hydroxylation is 2. The Bertz CT molecular complexity index is 330. The van der Waals surface area contributed by atoms with E-state index >= 15 is 0 Å². The summed E-state index contributed by atoms with van der Waals surface area (Å²) in [5, 5.41) is 3.19. The Morgan fingerprint density at radius 3 is 2.81 bits per heavy atom. The molecule has 1 rings (SSSR count).